The highest BCUT2D eigenvalue weighted by Crippen LogP contribution is 2.17. The predicted octanol–water partition coefficient (Wildman–Crippen LogP) is 1.22. The van der Waals surface area contributed by atoms with Crippen LogP contribution >= 0.6 is 0 Å². The minimum Gasteiger partial charge on any atom is -0.458 e. The van der Waals surface area contributed by atoms with E-state index in [1.54, 1.807) is 0 Å². The number of ether oxygens (including phenoxy) is 2. The van der Waals surface area contributed by atoms with Gasteiger partial charge in [-0.25, -0.2) is 13.6 Å². The first-order valence-electron chi connectivity index (χ1n) is 3.54. The lowest BCUT2D eigenvalue weighted by atomic mass is 10.3. The van der Waals surface area contributed by atoms with Crippen LogP contribution in [0.1, 0.15) is 13.3 Å². The number of hydrogen-bond acceptors (Lipinski definition) is 3. The molecular formula is C7H12F2O3. The quantitative estimate of drug-likeness (QED) is 0.600. The molecule has 0 spiro atoms. The van der Waals surface area contributed by atoms with Gasteiger partial charge in [0, 0.05) is 13.5 Å². The molecule has 0 fully saturated rings. The molecule has 0 aromatic rings. The molecular weight excluding hydrogens is 170 g/mol. The molecule has 0 saturated heterocycles. The zero-order chi connectivity index (χ0) is 9.61. The van der Waals surface area contributed by atoms with Gasteiger partial charge in [0.1, 0.15) is 6.61 Å². The van der Waals surface area contributed by atoms with E-state index in [4.69, 9.17) is 0 Å². The molecule has 0 bridgehead atoms. The maximum atomic E-state index is 12.4. The largest absolute Gasteiger partial charge is 0.458 e. The summed E-state index contributed by atoms with van der Waals surface area (Å²) in [6.07, 6.45) is -0.340. The summed E-state index contributed by atoms with van der Waals surface area (Å²) in [5.74, 6) is -3.70. The number of halogens is 2. The lowest BCUT2D eigenvalue weighted by molar-refractivity contribution is -0.159. The van der Waals surface area contributed by atoms with Crippen molar-refractivity contribution in [2.45, 2.75) is 19.3 Å². The Kier molecular flexibility index (Phi) is 4.73. The molecule has 0 rings (SSSR count). The number of carbonyl (C=O) groups excluding carboxylic acids is 1. The second kappa shape index (κ2) is 5.03. The number of esters is 1. The van der Waals surface area contributed by atoms with Crippen molar-refractivity contribution < 1.29 is 23.0 Å². The highest BCUT2D eigenvalue weighted by molar-refractivity contribution is 5.70. The summed E-state index contributed by atoms with van der Waals surface area (Å²) in [6.45, 7) is 0.162. The molecule has 0 aliphatic rings. The second-order valence-corrected chi connectivity index (χ2v) is 2.30. The molecule has 72 valence electrons. The second-order valence-electron chi connectivity index (χ2n) is 2.30. The van der Waals surface area contributed by atoms with E-state index in [9.17, 15) is 13.6 Å². The van der Waals surface area contributed by atoms with E-state index in [-0.39, 0.29) is 13.0 Å². The number of alkyl halides is 2. The number of carbonyl (C=O) groups is 1. The molecule has 0 radical (unpaired) electrons. The van der Waals surface area contributed by atoms with Gasteiger partial charge >= 0.3 is 5.97 Å². The SMILES string of the molecule is CCC(F)(F)COC(=O)COC. The molecule has 0 unspecified atom stereocenters. The molecule has 12 heavy (non-hydrogen) atoms. The standard InChI is InChI=1S/C7H12F2O3/c1-3-7(8,9)5-12-6(10)4-11-2/h3-5H2,1-2H3. The average Bonchev–Trinajstić information content (AvgIpc) is 2.02. The lowest BCUT2D eigenvalue weighted by Crippen LogP contribution is -2.26. The van der Waals surface area contributed by atoms with Crippen molar-refractivity contribution in [3.05, 3.63) is 0 Å². The van der Waals surface area contributed by atoms with Gasteiger partial charge in [0.2, 0.25) is 0 Å². The fourth-order valence-corrected chi connectivity index (χ4v) is 0.448. The van der Waals surface area contributed by atoms with E-state index < -0.39 is 18.5 Å². The highest BCUT2D eigenvalue weighted by atomic mass is 19.3. The lowest BCUT2D eigenvalue weighted by Gasteiger charge is -2.13. The van der Waals surface area contributed by atoms with Crippen molar-refractivity contribution in [3.63, 3.8) is 0 Å². The Morgan fingerprint density at radius 2 is 2.08 bits per heavy atom. The molecule has 0 aliphatic carbocycles. The predicted molar refractivity (Wildman–Crippen MR) is 38.1 cm³/mol. The van der Waals surface area contributed by atoms with Crippen molar-refractivity contribution in [1.82, 2.24) is 0 Å². The van der Waals surface area contributed by atoms with E-state index in [1.165, 1.54) is 14.0 Å². The Morgan fingerprint density at radius 3 is 2.50 bits per heavy atom. The molecule has 0 aromatic carbocycles. The van der Waals surface area contributed by atoms with Gasteiger partial charge in [-0.15, -0.1) is 0 Å². The fourth-order valence-electron chi connectivity index (χ4n) is 0.448. The van der Waals surface area contributed by atoms with Gasteiger partial charge in [-0.1, -0.05) is 6.92 Å². The molecule has 0 heterocycles. The van der Waals surface area contributed by atoms with E-state index in [0.29, 0.717) is 0 Å². The third kappa shape index (κ3) is 5.01. The number of methoxy groups -OCH3 is 1. The summed E-state index contributed by atoms with van der Waals surface area (Å²) in [6, 6.07) is 0. The zero-order valence-electron chi connectivity index (χ0n) is 7.10. The number of hydrogen-bond donors (Lipinski definition) is 0. The van der Waals surface area contributed by atoms with Crippen LogP contribution < -0.4 is 0 Å². The Labute approximate surface area is 69.6 Å². The summed E-state index contributed by atoms with van der Waals surface area (Å²) >= 11 is 0. The Bertz CT molecular complexity index is 148. The first kappa shape index (κ1) is 11.3. The zero-order valence-corrected chi connectivity index (χ0v) is 7.10. The van der Waals surface area contributed by atoms with Crippen molar-refractivity contribution >= 4 is 5.97 Å². The molecule has 0 atom stereocenters. The van der Waals surface area contributed by atoms with Crippen LogP contribution in [0.2, 0.25) is 0 Å². The van der Waals surface area contributed by atoms with Gasteiger partial charge in [-0.05, 0) is 0 Å². The van der Waals surface area contributed by atoms with Gasteiger partial charge < -0.3 is 9.47 Å². The molecule has 0 amide bonds. The normalized spacial score (nSPS) is 11.3. The van der Waals surface area contributed by atoms with Crippen molar-refractivity contribution in [3.8, 4) is 0 Å². The Morgan fingerprint density at radius 1 is 1.50 bits per heavy atom. The Balaban J connectivity index is 3.60. The van der Waals surface area contributed by atoms with Crippen molar-refractivity contribution in [1.29, 1.82) is 0 Å². The van der Waals surface area contributed by atoms with Gasteiger partial charge in [-0.3, -0.25) is 0 Å². The molecule has 3 nitrogen and oxygen atoms in total. The Hall–Kier alpha value is -0.710. The maximum Gasteiger partial charge on any atom is 0.332 e. The van der Waals surface area contributed by atoms with Gasteiger partial charge in [0.15, 0.2) is 6.61 Å². The summed E-state index contributed by atoms with van der Waals surface area (Å²) in [7, 11) is 1.29. The fraction of sp³-hybridized carbons (Fsp3) is 0.857. The minimum absolute atomic E-state index is 0.292. The van der Waals surface area contributed by atoms with Crippen LogP contribution in [-0.2, 0) is 14.3 Å². The van der Waals surface area contributed by atoms with Crippen LogP contribution in [0.3, 0.4) is 0 Å². The monoisotopic (exact) mass is 182 g/mol. The summed E-state index contributed by atoms with van der Waals surface area (Å²) in [5, 5.41) is 0. The summed E-state index contributed by atoms with van der Waals surface area (Å²) < 4.78 is 33.5. The van der Waals surface area contributed by atoms with Crippen molar-refractivity contribution in [2.75, 3.05) is 20.3 Å². The maximum absolute atomic E-state index is 12.4. The topological polar surface area (TPSA) is 35.5 Å². The molecule has 0 aliphatic heterocycles. The van der Waals surface area contributed by atoms with Crippen LogP contribution in [0.4, 0.5) is 8.78 Å². The minimum atomic E-state index is -2.93. The van der Waals surface area contributed by atoms with E-state index >= 15 is 0 Å². The molecule has 0 saturated carbocycles. The van der Waals surface area contributed by atoms with E-state index in [2.05, 4.69) is 9.47 Å². The third-order valence-electron chi connectivity index (χ3n) is 1.22. The average molecular weight is 182 g/mol. The van der Waals surface area contributed by atoms with Gasteiger partial charge in [0.05, 0.1) is 0 Å². The van der Waals surface area contributed by atoms with Gasteiger partial charge in [-0.2, -0.15) is 0 Å². The molecule has 0 N–H and O–H groups in total. The van der Waals surface area contributed by atoms with Crippen LogP contribution in [0.5, 0.6) is 0 Å². The van der Waals surface area contributed by atoms with Gasteiger partial charge in [0.25, 0.3) is 5.92 Å². The molecule has 5 heteroatoms. The van der Waals surface area contributed by atoms with Crippen LogP contribution in [0.25, 0.3) is 0 Å². The van der Waals surface area contributed by atoms with E-state index in [1.807, 2.05) is 0 Å². The highest BCUT2D eigenvalue weighted by Gasteiger charge is 2.28. The summed E-state index contributed by atoms with van der Waals surface area (Å²) in [4.78, 5) is 10.5. The van der Waals surface area contributed by atoms with E-state index in [0.717, 1.165) is 0 Å². The first-order valence-corrected chi connectivity index (χ1v) is 3.54. The van der Waals surface area contributed by atoms with Crippen molar-refractivity contribution in [2.24, 2.45) is 0 Å². The number of rotatable bonds is 5. The molecule has 0 aromatic heterocycles. The first-order chi connectivity index (χ1) is 5.52. The van der Waals surface area contributed by atoms with Crippen LogP contribution in [0.15, 0.2) is 0 Å². The van der Waals surface area contributed by atoms with Crippen LogP contribution in [0, 0.1) is 0 Å². The summed E-state index contributed by atoms with van der Waals surface area (Å²) in [5.41, 5.74) is 0. The third-order valence-corrected chi connectivity index (χ3v) is 1.22. The van der Waals surface area contributed by atoms with Crippen LogP contribution in [-0.4, -0.2) is 32.2 Å². The smallest absolute Gasteiger partial charge is 0.332 e.